The second-order valence-corrected chi connectivity index (χ2v) is 8.27. The van der Waals surface area contributed by atoms with Gasteiger partial charge in [0, 0.05) is 4.75 Å². The highest BCUT2D eigenvalue weighted by atomic mass is 32.2. The number of phenols is 1. The lowest BCUT2D eigenvalue weighted by atomic mass is 10.0. The molecule has 0 aliphatic carbocycles. The van der Waals surface area contributed by atoms with E-state index in [-0.39, 0.29) is 5.75 Å². The molecule has 1 amide bonds. The lowest BCUT2D eigenvalue weighted by molar-refractivity contribution is -0.143. The van der Waals surface area contributed by atoms with Crippen molar-refractivity contribution in [2.24, 2.45) is 5.73 Å². The third-order valence-corrected chi connectivity index (χ3v) is 5.61. The number of thioether (sulfide) groups is 1. The lowest BCUT2D eigenvalue weighted by Gasteiger charge is -2.23. The molecule has 2 rings (SSSR count). The average molecular weight is 383 g/mol. The van der Waals surface area contributed by atoms with E-state index in [9.17, 15) is 29.7 Å². The molecular weight excluding hydrogens is 362 g/mol. The predicted molar refractivity (Wildman–Crippen MR) is 94.6 cm³/mol. The van der Waals surface area contributed by atoms with Crippen LogP contribution in [0.4, 0.5) is 0 Å². The van der Waals surface area contributed by atoms with Crippen LogP contribution >= 0.6 is 11.8 Å². The molecule has 2 unspecified atom stereocenters. The van der Waals surface area contributed by atoms with Crippen molar-refractivity contribution in [1.29, 1.82) is 0 Å². The first kappa shape index (κ1) is 20.0. The first-order valence-electron chi connectivity index (χ1n) is 7.77. The maximum absolute atomic E-state index is 12.4. The van der Waals surface area contributed by atoms with Crippen LogP contribution in [0, 0.1) is 0 Å². The van der Waals surface area contributed by atoms with Crippen LogP contribution in [-0.2, 0) is 14.4 Å². The van der Waals surface area contributed by atoms with Crippen molar-refractivity contribution in [3.63, 3.8) is 0 Å². The zero-order valence-electron chi connectivity index (χ0n) is 14.2. The van der Waals surface area contributed by atoms with Gasteiger partial charge < -0.3 is 26.4 Å². The molecule has 0 radical (unpaired) electrons. The predicted octanol–water partition coefficient (Wildman–Crippen LogP) is -0.144. The number of rotatable bonds is 6. The lowest BCUT2D eigenvalue weighted by Crippen LogP contribution is -2.55. The largest absolute Gasteiger partial charge is 0.508 e. The maximum atomic E-state index is 12.4. The number of carboxylic acid groups (broad SMARTS) is 2. The number of hydrogen-bond acceptors (Lipinski definition) is 7. The summed E-state index contributed by atoms with van der Waals surface area (Å²) in [6.45, 7) is 3.37. The summed E-state index contributed by atoms with van der Waals surface area (Å²) in [6.07, 6.45) is 0. The summed E-state index contributed by atoms with van der Waals surface area (Å²) >= 11 is 1.13. The molecule has 26 heavy (non-hydrogen) atoms. The third kappa shape index (κ3) is 4.26. The number of phenolic OH excluding ortho intramolecular Hbond substituents is 1. The third-order valence-electron chi connectivity index (χ3n) is 4.11. The zero-order valence-corrected chi connectivity index (χ0v) is 15.0. The molecule has 1 aromatic rings. The van der Waals surface area contributed by atoms with Gasteiger partial charge in [0.1, 0.15) is 17.8 Å². The Morgan fingerprint density at radius 1 is 1.23 bits per heavy atom. The fourth-order valence-corrected chi connectivity index (χ4v) is 4.15. The number of aromatic hydroxyl groups is 1. The van der Waals surface area contributed by atoms with Gasteiger partial charge >= 0.3 is 11.9 Å². The summed E-state index contributed by atoms with van der Waals surface area (Å²) in [4.78, 5) is 35.3. The van der Waals surface area contributed by atoms with Gasteiger partial charge in [0.05, 0.1) is 5.37 Å². The number of carboxylic acids is 2. The molecule has 1 aliphatic heterocycles. The van der Waals surface area contributed by atoms with Crippen molar-refractivity contribution in [2.75, 3.05) is 0 Å². The van der Waals surface area contributed by atoms with Crippen molar-refractivity contribution in [3.05, 3.63) is 29.8 Å². The van der Waals surface area contributed by atoms with Crippen LogP contribution < -0.4 is 16.4 Å². The van der Waals surface area contributed by atoms with Crippen molar-refractivity contribution >= 4 is 29.6 Å². The summed E-state index contributed by atoms with van der Waals surface area (Å²) in [5.41, 5.74) is 6.26. The van der Waals surface area contributed by atoms with Crippen LogP contribution in [0.3, 0.4) is 0 Å². The van der Waals surface area contributed by atoms with E-state index in [1.54, 1.807) is 13.8 Å². The molecule has 1 aliphatic rings. The summed E-state index contributed by atoms with van der Waals surface area (Å²) < 4.78 is -0.756. The molecule has 142 valence electrons. The van der Waals surface area contributed by atoms with Gasteiger partial charge in [-0.05, 0) is 31.5 Å². The molecule has 1 aromatic carbocycles. The minimum absolute atomic E-state index is 0.0123. The number of hydrogen-bond donors (Lipinski definition) is 6. The van der Waals surface area contributed by atoms with E-state index in [4.69, 9.17) is 5.73 Å². The van der Waals surface area contributed by atoms with Crippen molar-refractivity contribution in [1.82, 2.24) is 10.6 Å². The van der Waals surface area contributed by atoms with E-state index >= 15 is 0 Å². The summed E-state index contributed by atoms with van der Waals surface area (Å²) in [7, 11) is 0. The van der Waals surface area contributed by atoms with Gasteiger partial charge in [0.25, 0.3) is 0 Å². The molecule has 4 atom stereocenters. The van der Waals surface area contributed by atoms with Crippen molar-refractivity contribution in [2.45, 2.75) is 42.1 Å². The van der Waals surface area contributed by atoms with Crippen LogP contribution in [0.1, 0.15) is 25.5 Å². The summed E-state index contributed by atoms with van der Waals surface area (Å²) in [5.74, 6) is -3.11. The summed E-state index contributed by atoms with van der Waals surface area (Å²) in [5, 5.41) is 32.3. The Balaban J connectivity index is 2.13. The van der Waals surface area contributed by atoms with Crippen molar-refractivity contribution in [3.8, 4) is 5.75 Å². The zero-order chi connectivity index (χ0) is 19.6. The Morgan fingerprint density at radius 3 is 2.27 bits per heavy atom. The number of carbonyl (C=O) groups is 3. The SMILES string of the molecule is CC1(C)SC(C(NC(=O)[C@H](N)c2ccc(O)cc2)C(=O)O)N[C@H]1C(=O)O. The highest BCUT2D eigenvalue weighted by molar-refractivity contribution is 8.01. The fourth-order valence-electron chi connectivity index (χ4n) is 2.67. The smallest absolute Gasteiger partial charge is 0.328 e. The van der Waals surface area contributed by atoms with Gasteiger partial charge in [-0.3, -0.25) is 14.9 Å². The van der Waals surface area contributed by atoms with Crippen LogP contribution in [0.2, 0.25) is 0 Å². The van der Waals surface area contributed by atoms with E-state index in [1.807, 2.05) is 0 Å². The van der Waals surface area contributed by atoms with Gasteiger partial charge in [-0.15, -0.1) is 11.8 Å². The Bertz CT molecular complexity index is 708. The molecule has 9 nitrogen and oxygen atoms in total. The normalized spacial score (nSPS) is 23.8. The van der Waals surface area contributed by atoms with Gasteiger partial charge in [-0.25, -0.2) is 4.79 Å². The van der Waals surface area contributed by atoms with Crippen LogP contribution in [0.25, 0.3) is 0 Å². The molecule has 0 aromatic heterocycles. The Morgan fingerprint density at radius 2 is 1.81 bits per heavy atom. The van der Waals surface area contributed by atoms with Gasteiger partial charge in [0.2, 0.25) is 5.91 Å². The van der Waals surface area contributed by atoms with Crippen molar-refractivity contribution < 1.29 is 29.7 Å². The average Bonchev–Trinajstić information content (AvgIpc) is 2.87. The van der Waals surface area contributed by atoms with E-state index in [0.717, 1.165) is 11.8 Å². The number of nitrogens with two attached hydrogens (primary N) is 1. The second kappa shape index (κ2) is 7.52. The number of amides is 1. The molecule has 0 saturated carbocycles. The van der Waals surface area contributed by atoms with Gasteiger partial charge in [-0.1, -0.05) is 12.1 Å². The minimum atomic E-state index is -1.36. The molecule has 1 saturated heterocycles. The van der Waals surface area contributed by atoms with Crippen LogP contribution in [0.5, 0.6) is 5.75 Å². The molecule has 1 fully saturated rings. The van der Waals surface area contributed by atoms with Crippen LogP contribution in [0.15, 0.2) is 24.3 Å². The monoisotopic (exact) mass is 383 g/mol. The fraction of sp³-hybridized carbons (Fsp3) is 0.438. The molecule has 0 bridgehead atoms. The Hall–Kier alpha value is -2.30. The van der Waals surface area contributed by atoms with E-state index < -0.39 is 46.1 Å². The van der Waals surface area contributed by atoms with E-state index in [1.165, 1.54) is 24.3 Å². The standard InChI is InChI=1S/C16H21N3O6S/c1-16(2)11(15(24)25)19-13(26-16)10(14(22)23)18-12(21)9(17)7-3-5-8(20)6-4-7/h3-6,9-11,13,19-20H,17H2,1-2H3,(H,18,21)(H,22,23)(H,24,25)/t9-,10?,11+,13?/m1/s1. The summed E-state index contributed by atoms with van der Waals surface area (Å²) in [6, 6.07) is 2.20. The second-order valence-electron chi connectivity index (χ2n) is 6.47. The molecule has 1 heterocycles. The maximum Gasteiger partial charge on any atom is 0.328 e. The van der Waals surface area contributed by atoms with Crippen LogP contribution in [-0.4, -0.2) is 55.4 Å². The quantitative estimate of drug-likeness (QED) is 0.392. The molecular formula is C16H21N3O6S. The van der Waals surface area contributed by atoms with Gasteiger partial charge in [0.15, 0.2) is 6.04 Å². The number of benzene rings is 1. The minimum Gasteiger partial charge on any atom is -0.508 e. The van der Waals surface area contributed by atoms with E-state index in [2.05, 4.69) is 10.6 Å². The van der Waals surface area contributed by atoms with Gasteiger partial charge in [-0.2, -0.15) is 0 Å². The highest BCUT2D eigenvalue weighted by Gasteiger charge is 2.49. The Kier molecular flexibility index (Phi) is 5.79. The Labute approximate surface area is 154 Å². The van der Waals surface area contributed by atoms with E-state index in [0.29, 0.717) is 5.56 Å². The first-order valence-corrected chi connectivity index (χ1v) is 8.65. The number of aliphatic carboxylic acids is 2. The molecule has 10 heteroatoms. The number of carbonyl (C=O) groups excluding carboxylic acids is 1. The highest BCUT2D eigenvalue weighted by Crippen LogP contribution is 2.39. The topological polar surface area (TPSA) is 162 Å². The number of nitrogens with one attached hydrogen (secondary N) is 2. The first-order chi connectivity index (χ1) is 12.0. The molecule has 7 N–H and O–H groups in total. The molecule has 0 spiro atoms.